The fourth-order valence-corrected chi connectivity index (χ4v) is 5.28. The zero-order valence-corrected chi connectivity index (χ0v) is 17.8. The van der Waals surface area contributed by atoms with Crippen LogP contribution in [0.1, 0.15) is 0 Å². The largest absolute Gasteiger partial charge is 0.497 e. The number of piperazine rings is 1. The van der Waals surface area contributed by atoms with Gasteiger partial charge in [-0.05, 0) is 42.5 Å². The highest BCUT2D eigenvalue weighted by Gasteiger charge is 2.21. The number of methoxy groups -OCH3 is 1. The molecule has 0 N–H and O–H groups in total. The number of hydrogen-bond acceptors (Lipinski definition) is 6. The molecule has 0 spiro atoms. The number of benzene rings is 2. The third-order valence-corrected chi connectivity index (χ3v) is 7.12. The van der Waals surface area contributed by atoms with Gasteiger partial charge in [0.1, 0.15) is 5.75 Å². The van der Waals surface area contributed by atoms with Crippen molar-refractivity contribution in [2.45, 2.75) is 4.34 Å². The number of thioether (sulfide) groups is 1. The fourth-order valence-electron chi connectivity index (χ4n) is 3.16. The summed E-state index contributed by atoms with van der Waals surface area (Å²) in [7, 11) is 1.67. The summed E-state index contributed by atoms with van der Waals surface area (Å²) in [5, 5.41) is 0.681. The first-order valence-electron chi connectivity index (χ1n) is 8.98. The molecule has 0 bridgehead atoms. The Kier molecular flexibility index (Phi) is 5.94. The van der Waals surface area contributed by atoms with E-state index in [-0.39, 0.29) is 5.91 Å². The Balaban J connectivity index is 1.29. The highest BCUT2D eigenvalue weighted by molar-refractivity contribution is 8.01. The van der Waals surface area contributed by atoms with Crippen LogP contribution < -0.4 is 9.64 Å². The van der Waals surface area contributed by atoms with Crippen molar-refractivity contribution >= 4 is 56.5 Å². The summed E-state index contributed by atoms with van der Waals surface area (Å²) >= 11 is 9.11. The lowest BCUT2D eigenvalue weighted by molar-refractivity contribution is -0.128. The van der Waals surface area contributed by atoms with Gasteiger partial charge in [-0.15, -0.1) is 11.3 Å². The van der Waals surface area contributed by atoms with E-state index in [0.717, 1.165) is 52.2 Å². The first kappa shape index (κ1) is 19.4. The van der Waals surface area contributed by atoms with Gasteiger partial charge in [-0.1, -0.05) is 23.4 Å². The number of nitrogens with zero attached hydrogens (tertiary/aromatic N) is 3. The Labute approximate surface area is 177 Å². The van der Waals surface area contributed by atoms with Crippen molar-refractivity contribution in [2.24, 2.45) is 0 Å². The average Bonchev–Trinajstić information content (AvgIpc) is 3.14. The minimum Gasteiger partial charge on any atom is -0.497 e. The van der Waals surface area contributed by atoms with E-state index in [2.05, 4.69) is 22.0 Å². The van der Waals surface area contributed by atoms with E-state index in [0.29, 0.717) is 10.8 Å². The molecule has 4 rings (SSSR count). The maximum Gasteiger partial charge on any atom is 0.233 e. The monoisotopic (exact) mass is 433 g/mol. The Hall–Kier alpha value is -1.96. The summed E-state index contributed by atoms with van der Waals surface area (Å²) in [6.45, 7) is 3.15. The number of hydrogen-bond donors (Lipinski definition) is 0. The van der Waals surface area contributed by atoms with Crippen molar-refractivity contribution in [1.82, 2.24) is 9.88 Å². The quantitative estimate of drug-likeness (QED) is 0.558. The van der Waals surface area contributed by atoms with Gasteiger partial charge in [-0.3, -0.25) is 4.79 Å². The molecule has 8 heteroatoms. The zero-order chi connectivity index (χ0) is 19.5. The second kappa shape index (κ2) is 8.59. The number of rotatable bonds is 5. The molecule has 3 aromatic rings. The lowest BCUT2D eigenvalue weighted by atomic mass is 10.2. The second-order valence-electron chi connectivity index (χ2n) is 6.45. The lowest BCUT2D eigenvalue weighted by Crippen LogP contribution is -2.49. The molecule has 1 aromatic heterocycles. The third-order valence-electron chi connectivity index (χ3n) is 4.72. The molecule has 1 saturated heterocycles. The summed E-state index contributed by atoms with van der Waals surface area (Å²) in [5.41, 5.74) is 2.05. The van der Waals surface area contributed by atoms with Crippen LogP contribution in [-0.4, -0.2) is 54.8 Å². The molecular formula is C20H20ClN3O2S2. The van der Waals surface area contributed by atoms with Crippen LogP contribution in [0.25, 0.3) is 10.2 Å². The molecule has 0 saturated carbocycles. The highest BCUT2D eigenvalue weighted by atomic mass is 35.5. The van der Waals surface area contributed by atoms with Crippen molar-refractivity contribution in [3.63, 3.8) is 0 Å². The molecule has 0 atom stereocenters. The van der Waals surface area contributed by atoms with Gasteiger partial charge in [0.2, 0.25) is 5.91 Å². The van der Waals surface area contributed by atoms with Crippen LogP contribution in [0.3, 0.4) is 0 Å². The predicted molar refractivity (Wildman–Crippen MR) is 117 cm³/mol. The SMILES string of the molecule is COc1ccc(N2CCN(C(=O)CSc3nc4cc(Cl)ccc4s3)CC2)cc1. The molecule has 2 aromatic carbocycles. The molecule has 5 nitrogen and oxygen atoms in total. The number of aromatic nitrogens is 1. The van der Waals surface area contributed by atoms with Gasteiger partial charge in [-0.2, -0.15) is 0 Å². The summed E-state index contributed by atoms with van der Waals surface area (Å²) in [5.74, 6) is 1.43. The van der Waals surface area contributed by atoms with E-state index in [4.69, 9.17) is 16.3 Å². The minimum absolute atomic E-state index is 0.164. The van der Waals surface area contributed by atoms with E-state index in [1.165, 1.54) is 11.8 Å². The molecule has 0 unspecified atom stereocenters. The van der Waals surface area contributed by atoms with Gasteiger partial charge in [0.25, 0.3) is 0 Å². The Morgan fingerprint density at radius 2 is 1.93 bits per heavy atom. The van der Waals surface area contributed by atoms with Crippen LogP contribution in [0.15, 0.2) is 46.8 Å². The predicted octanol–water partition coefficient (Wildman–Crippen LogP) is 4.40. The van der Waals surface area contributed by atoms with Gasteiger partial charge in [0.05, 0.1) is 23.1 Å². The smallest absolute Gasteiger partial charge is 0.233 e. The van der Waals surface area contributed by atoms with Crippen molar-refractivity contribution in [1.29, 1.82) is 0 Å². The molecule has 28 heavy (non-hydrogen) atoms. The van der Waals surface area contributed by atoms with E-state index in [9.17, 15) is 4.79 Å². The molecule has 0 radical (unpaired) electrons. The summed E-state index contributed by atoms with van der Waals surface area (Å²) in [4.78, 5) is 21.4. The van der Waals surface area contributed by atoms with Crippen molar-refractivity contribution in [3.8, 4) is 5.75 Å². The maximum absolute atomic E-state index is 12.6. The minimum atomic E-state index is 0.164. The van der Waals surface area contributed by atoms with Crippen LogP contribution in [0.2, 0.25) is 5.02 Å². The number of halogens is 1. The van der Waals surface area contributed by atoms with Crippen LogP contribution >= 0.6 is 34.7 Å². The molecule has 2 heterocycles. The van der Waals surface area contributed by atoms with Crippen molar-refractivity contribution in [3.05, 3.63) is 47.5 Å². The molecule has 1 amide bonds. The normalized spacial score (nSPS) is 14.5. The van der Waals surface area contributed by atoms with Crippen molar-refractivity contribution < 1.29 is 9.53 Å². The van der Waals surface area contributed by atoms with Crippen LogP contribution in [0.5, 0.6) is 5.75 Å². The Morgan fingerprint density at radius 1 is 1.18 bits per heavy atom. The Bertz CT molecular complexity index is 969. The standard InChI is InChI=1S/C20H20ClN3O2S2/c1-26-16-5-3-15(4-6-16)23-8-10-24(11-9-23)19(25)13-27-20-22-17-12-14(21)2-7-18(17)28-20/h2-7,12H,8-11,13H2,1H3. The lowest BCUT2D eigenvalue weighted by Gasteiger charge is -2.36. The van der Waals surface area contributed by atoms with E-state index in [1.807, 2.05) is 35.2 Å². The van der Waals surface area contributed by atoms with Gasteiger partial charge < -0.3 is 14.5 Å². The highest BCUT2D eigenvalue weighted by Crippen LogP contribution is 2.31. The third kappa shape index (κ3) is 4.37. The molecule has 1 fully saturated rings. The first-order valence-corrected chi connectivity index (χ1v) is 11.2. The van der Waals surface area contributed by atoms with Gasteiger partial charge in [0.15, 0.2) is 4.34 Å². The summed E-state index contributed by atoms with van der Waals surface area (Å²) < 4.78 is 7.20. The molecule has 146 valence electrons. The zero-order valence-electron chi connectivity index (χ0n) is 15.4. The topological polar surface area (TPSA) is 45.7 Å². The Morgan fingerprint density at radius 3 is 2.64 bits per heavy atom. The van der Waals surface area contributed by atoms with Crippen LogP contribution in [-0.2, 0) is 4.79 Å². The van der Waals surface area contributed by atoms with Crippen molar-refractivity contribution in [2.75, 3.05) is 43.9 Å². The maximum atomic E-state index is 12.6. The number of carbonyl (C=O) groups excluding carboxylic acids is 1. The first-order chi connectivity index (χ1) is 13.6. The summed E-state index contributed by atoms with van der Waals surface area (Å²) in [6.07, 6.45) is 0. The van der Waals surface area contributed by atoms with E-state index >= 15 is 0 Å². The fraction of sp³-hybridized carbons (Fsp3) is 0.300. The molecule has 1 aliphatic rings. The van der Waals surface area contributed by atoms with E-state index < -0.39 is 0 Å². The summed E-state index contributed by atoms with van der Waals surface area (Å²) in [6, 6.07) is 13.8. The van der Waals surface area contributed by atoms with Gasteiger partial charge in [-0.25, -0.2) is 4.98 Å². The number of ether oxygens (including phenoxy) is 1. The molecule has 0 aliphatic carbocycles. The van der Waals surface area contributed by atoms with Crippen LogP contribution in [0, 0.1) is 0 Å². The molecule has 1 aliphatic heterocycles. The number of amides is 1. The van der Waals surface area contributed by atoms with Gasteiger partial charge >= 0.3 is 0 Å². The number of carbonyl (C=O) groups is 1. The molecular weight excluding hydrogens is 414 g/mol. The van der Waals surface area contributed by atoms with Crippen LogP contribution in [0.4, 0.5) is 5.69 Å². The average molecular weight is 434 g/mol. The number of fused-ring (bicyclic) bond motifs is 1. The van der Waals surface area contributed by atoms with Gasteiger partial charge in [0, 0.05) is 36.9 Å². The number of anilines is 1. The van der Waals surface area contributed by atoms with E-state index in [1.54, 1.807) is 18.4 Å². The number of thiazole rings is 1. The second-order valence-corrected chi connectivity index (χ2v) is 9.14.